The number of nitrogens with one attached hydrogen (secondary N) is 2. The number of halogens is 1. The van der Waals surface area contributed by atoms with E-state index in [2.05, 4.69) is 10.6 Å². The van der Waals surface area contributed by atoms with Crippen LogP contribution in [0, 0.1) is 13.8 Å². The number of hydrogen-bond acceptors (Lipinski definition) is 3. The predicted octanol–water partition coefficient (Wildman–Crippen LogP) is 2.75. The van der Waals surface area contributed by atoms with E-state index in [0.29, 0.717) is 16.3 Å². The van der Waals surface area contributed by atoms with Crippen molar-refractivity contribution in [3.8, 4) is 0 Å². The molecule has 0 aromatic heterocycles. The normalized spacial score (nSPS) is 11.7. The summed E-state index contributed by atoms with van der Waals surface area (Å²) in [7, 11) is 0. The van der Waals surface area contributed by atoms with Crippen LogP contribution in [0.3, 0.4) is 0 Å². The Balaban J connectivity index is 1.92. The van der Waals surface area contributed by atoms with Crippen molar-refractivity contribution >= 4 is 29.1 Å². The number of aliphatic hydroxyl groups excluding tert-OH is 1. The largest absolute Gasteiger partial charge is 0.387 e. The van der Waals surface area contributed by atoms with E-state index in [1.54, 1.807) is 30.3 Å². The molecule has 2 rings (SSSR count). The third-order valence-electron chi connectivity index (χ3n) is 3.56. The summed E-state index contributed by atoms with van der Waals surface area (Å²) in [4.78, 5) is 23.8. The molecule has 1 atom stereocenters. The Morgan fingerprint density at radius 1 is 1.12 bits per heavy atom. The predicted molar refractivity (Wildman–Crippen MR) is 94.0 cm³/mol. The van der Waals surface area contributed by atoms with Gasteiger partial charge in [0.1, 0.15) is 0 Å². The Labute approximate surface area is 145 Å². The molecule has 0 fully saturated rings. The maximum absolute atomic E-state index is 11.9. The summed E-state index contributed by atoms with van der Waals surface area (Å²) in [5, 5.41) is 15.4. The topological polar surface area (TPSA) is 78.4 Å². The highest BCUT2D eigenvalue weighted by molar-refractivity contribution is 6.39. The Hall–Kier alpha value is -2.37. The second-order valence-corrected chi connectivity index (χ2v) is 5.93. The van der Waals surface area contributed by atoms with Crippen molar-refractivity contribution in [2.24, 2.45) is 0 Å². The van der Waals surface area contributed by atoms with E-state index in [1.807, 2.05) is 26.0 Å². The van der Waals surface area contributed by atoms with Crippen LogP contribution in [-0.4, -0.2) is 23.5 Å². The molecule has 0 radical (unpaired) electrons. The molecule has 6 heteroatoms. The summed E-state index contributed by atoms with van der Waals surface area (Å²) in [6.07, 6.45) is -0.989. The Morgan fingerprint density at radius 3 is 2.50 bits per heavy atom. The van der Waals surface area contributed by atoms with Crippen molar-refractivity contribution in [2.75, 3.05) is 11.9 Å². The third-order valence-corrected chi connectivity index (χ3v) is 3.90. The average Bonchev–Trinajstić information content (AvgIpc) is 2.55. The lowest BCUT2D eigenvalue weighted by molar-refractivity contribution is -0.136. The zero-order chi connectivity index (χ0) is 17.7. The first-order chi connectivity index (χ1) is 11.4. The van der Waals surface area contributed by atoms with Gasteiger partial charge in [-0.05, 0) is 31.5 Å². The van der Waals surface area contributed by atoms with E-state index in [1.165, 1.54) is 0 Å². The fourth-order valence-corrected chi connectivity index (χ4v) is 2.52. The van der Waals surface area contributed by atoms with Crippen LogP contribution in [0.5, 0.6) is 0 Å². The molecule has 2 aromatic carbocycles. The molecule has 0 saturated heterocycles. The first-order valence-corrected chi connectivity index (χ1v) is 7.85. The van der Waals surface area contributed by atoms with E-state index in [-0.39, 0.29) is 6.54 Å². The monoisotopic (exact) mass is 346 g/mol. The molecule has 0 aliphatic carbocycles. The molecule has 3 N–H and O–H groups in total. The standard InChI is InChI=1S/C18H19ClN2O3/c1-11-7-8-15(12(2)9-11)21-18(24)17(23)20-10-16(22)13-5-3-4-6-14(13)19/h3-9,16,22H,10H2,1-2H3,(H,20,23)(H,21,24). The molecule has 2 amide bonds. The number of hydrogen-bond donors (Lipinski definition) is 3. The van der Waals surface area contributed by atoms with Crippen LogP contribution in [0.4, 0.5) is 5.69 Å². The van der Waals surface area contributed by atoms with Gasteiger partial charge in [-0.25, -0.2) is 0 Å². The van der Waals surface area contributed by atoms with E-state index in [0.717, 1.165) is 11.1 Å². The van der Waals surface area contributed by atoms with E-state index in [4.69, 9.17) is 11.6 Å². The first-order valence-electron chi connectivity index (χ1n) is 7.47. The first kappa shape index (κ1) is 18.0. The van der Waals surface area contributed by atoms with Gasteiger partial charge in [-0.2, -0.15) is 0 Å². The van der Waals surface area contributed by atoms with Gasteiger partial charge in [-0.15, -0.1) is 0 Å². The third kappa shape index (κ3) is 4.57. The lowest BCUT2D eigenvalue weighted by Gasteiger charge is -2.14. The molecule has 24 heavy (non-hydrogen) atoms. The van der Waals surface area contributed by atoms with Crippen LogP contribution in [0.2, 0.25) is 5.02 Å². The summed E-state index contributed by atoms with van der Waals surface area (Å²) in [6, 6.07) is 12.3. The highest BCUT2D eigenvalue weighted by atomic mass is 35.5. The van der Waals surface area contributed by atoms with Crippen molar-refractivity contribution in [3.63, 3.8) is 0 Å². The van der Waals surface area contributed by atoms with Gasteiger partial charge in [0.05, 0.1) is 6.10 Å². The molecule has 0 aliphatic heterocycles. The van der Waals surface area contributed by atoms with Crippen LogP contribution in [0.25, 0.3) is 0 Å². The fraction of sp³-hybridized carbons (Fsp3) is 0.222. The summed E-state index contributed by atoms with van der Waals surface area (Å²) in [6.45, 7) is 3.69. The van der Waals surface area contributed by atoms with E-state index in [9.17, 15) is 14.7 Å². The minimum absolute atomic E-state index is 0.108. The summed E-state index contributed by atoms with van der Waals surface area (Å²) >= 11 is 5.98. The summed E-state index contributed by atoms with van der Waals surface area (Å²) in [5.41, 5.74) is 3.01. The van der Waals surface area contributed by atoms with Gasteiger partial charge in [0.15, 0.2) is 0 Å². The van der Waals surface area contributed by atoms with Gasteiger partial charge in [-0.3, -0.25) is 9.59 Å². The van der Waals surface area contributed by atoms with Crippen molar-refractivity contribution < 1.29 is 14.7 Å². The zero-order valence-corrected chi connectivity index (χ0v) is 14.2. The van der Waals surface area contributed by atoms with Gasteiger partial charge in [0.2, 0.25) is 0 Å². The Kier molecular flexibility index (Phi) is 5.95. The molecule has 0 aliphatic rings. The molecular weight excluding hydrogens is 328 g/mol. The van der Waals surface area contributed by atoms with Crippen molar-refractivity contribution in [2.45, 2.75) is 20.0 Å². The minimum Gasteiger partial charge on any atom is -0.387 e. The number of benzene rings is 2. The van der Waals surface area contributed by atoms with E-state index < -0.39 is 17.9 Å². The molecule has 0 heterocycles. The molecule has 126 valence electrons. The highest BCUT2D eigenvalue weighted by Gasteiger charge is 2.17. The van der Waals surface area contributed by atoms with Gasteiger partial charge in [0.25, 0.3) is 0 Å². The van der Waals surface area contributed by atoms with Gasteiger partial charge >= 0.3 is 11.8 Å². The molecule has 1 unspecified atom stereocenters. The van der Waals surface area contributed by atoms with Crippen LogP contribution in [0.15, 0.2) is 42.5 Å². The van der Waals surface area contributed by atoms with Crippen molar-refractivity contribution in [1.82, 2.24) is 5.32 Å². The zero-order valence-electron chi connectivity index (χ0n) is 13.5. The average molecular weight is 347 g/mol. The second kappa shape index (κ2) is 7.95. The minimum atomic E-state index is -0.989. The number of aryl methyl sites for hydroxylation is 2. The Morgan fingerprint density at radius 2 is 1.83 bits per heavy atom. The van der Waals surface area contributed by atoms with Gasteiger partial charge < -0.3 is 15.7 Å². The second-order valence-electron chi connectivity index (χ2n) is 5.52. The molecule has 5 nitrogen and oxygen atoms in total. The lowest BCUT2D eigenvalue weighted by Crippen LogP contribution is -2.37. The fourth-order valence-electron chi connectivity index (χ4n) is 2.26. The summed E-state index contributed by atoms with van der Waals surface area (Å²) in [5.74, 6) is -1.60. The number of aliphatic hydroxyl groups is 1. The number of anilines is 1. The van der Waals surface area contributed by atoms with Gasteiger partial charge in [-0.1, -0.05) is 47.5 Å². The van der Waals surface area contributed by atoms with Crippen LogP contribution >= 0.6 is 11.6 Å². The highest BCUT2D eigenvalue weighted by Crippen LogP contribution is 2.21. The Bertz CT molecular complexity index is 762. The van der Waals surface area contributed by atoms with Gasteiger partial charge in [0, 0.05) is 22.8 Å². The van der Waals surface area contributed by atoms with Crippen molar-refractivity contribution in [3.05, 3.63) is 64.2 Å². The molecular formula is C18H19ClN2O3. The quantitative estimate of drug-likeness (QED) is 0.745. The van der Waals surface area contributed by atoms with Crippen LogP contribution < -0.4 is 10.6 Å². The number of rotatable bonds is 4. The van der Waals surface area contributed by atoms with Crippen molar-refractivity contribution in [1.29, 1.82) is 0 Å². The lowest BCUT2D eigenvalue weighted by atomic mass is 10.1. The molecule has 0 bridgehead atoms. The number of amides is 2. The van der Waals surface area contributed by atoms with Crippen LogP contribution in [-0.2, 0) is 9.59 Å². The maximum atomic E-state index is 11.9. The number of carbonyl (C=O) groups is 2. The van der Waals surface area contributed by atoms with Crippen LogP contribution in [0.1, 0.15) is 22.8 Å². The molecule has 0 spiro atoms. The SMILES string of the molecule is Cc1ccc(NC(=O)C(=O)NCC(O)c2ccccc2Cl)c(C)c1. The summed E-state index contributed by atoms with van der Waals surface area (Å²) < 4.78 is 0. The number of carbonyl (C=O) groups excluding carboxylic acids is 2. The maximum Gasteiger partial charge on any atom is 0.313 e. The molecule has 0 saturated carbocycles. The molecule has 2 aromatic rings. The van der Waals surface area contributed by atoms with E-state index >= 15 is 0 Å². The smallest absolute Gasteiger partial charge is 0.313 e.